The van der Waals surface area contributed by atoms with Gasteiger partial charge in [0, 0.05) is 23.0 Å². The number of rotatable bonds is 2. The first kappa shape index (κ1) is 10.7. The van der Waals surface area contributed by atoms with Crippen LogP contribution in [0.3, 0.4) is 0 Å². The van der Waals surface area contributed by atoms with Crippen LogP contribution in [0.15, 0.2) is 30.6 Å². The first-order valence-electron chi connectivity index (χ1n) is 4.56. The zero-order chi connectivity index (χ0) is 11.5. The summed E-state index contributed by atoms with van der Waals surface area (Å²) >= 11 is 5.77. The Morgan fingerprint density at radius 3 is 2.94 bits per heavy atom. The lowest BCUT2D eigenvalue weighted by Gasteiger charge is -2.08. The van der Waals surface area contributed by atoms with Crippen molar-refractivity contribution in [1.82, 2.24) is 9.97 Å². The summed E-state index contributed by atoms with van der Waals surface area (Å²) in [4.78, 5) is 6.74. The summed E-state index contributed by atoms with van der Waals surface area (Å²) in [6.45, 7) is 0. The summed E-state index contributed by atoms with van der Waals surface area (Å²) in [6.07, 6.45) is 3.10. The van der Waals surface area contributed by atoms with Crippen LogP contribution in [0.4, 0.5) is 4.39 Å². The van der Waals surface area contributed by atoms with Crippen molar-refractivity contribution < 1.29 is 4.39 Å². The van der Waals surface area contributed by atoms with Crippen molar-refractivity contribution >= 4 is 11.6 Å². The molecule has 0 radical (unpaired) electrons. The van der Waals surface area contributed by atoms with Crippen molar-refractivity contribution in [3.8, 4) is 6.07 Å². The Morgan fingerprint density at radius 1 is 1.50 bits per heavy atom. The van der Waals surface area contributed by atoms with Gasteiger partial charge in [-0.15, -0.1) is 0 Å². The highest BCUT2D eigenvalue weighted by Gasteiger charge is 2.19. The first-order chi connectivity index (χ1) is 7.72. The van der Waals surface area contributed by atoms with Crippen LogP contribution >= 0.6 is 11.6 Å². The maximum Gasteiger partial charge on any atom is 0.132 e. The average molecular weight is 236 g/mol. The lowest BCUT2D eigenvalue weighted by molar-refractivity contribution is 0.607. The van der Waals surface area contributed by atoms with Crippen LogP contribution in [0.25, 0.3) is 0 Å². The predicted octanol–water partition coefficient (Wildman–Crippen LogP) is 2.86. The summed E-state index contributed by atoms with van der Waals surface area (Å²) in [5.41, 5.74) is 0.227. The van der Waals surface area contributed by atoms with Crippen molar-refractivity contribution in [2.24, 2.45) is 0 Å². The van der Waals surface area contributed by atoms with Crippen LogP contribution < -0.4 is 0 Å². The van der Waals surface area contributed by atoms with Gasteiger partial charge in [-0.3, -0.25) is 0 Å². The van der Waals surface area contributed by atoms with Gasteiger partial charge in [0.2, 0.25) is 0 Å². The molecule has 1 heterocycles. The molecule has 2 rings (SSSR count). The SMILES string of the molecule is N#CC(c1ncc[nH]1)c1cc(Cl)ccc1F. The molecule has 1 N–H and O–H groups in total. The van der Waals surface area contributed by atoms with Crippen LogP contribution in [-0.2, 0) is 0 Å². The third-order valence-corrected chi connectivity index (χ3v) is 2.43. The van der Waals surface area contributed by atoms with Crippen LogP contribution in [0.2, 0.25) is 5.02 Å². The zero-order valence-corrected chi connectivity index (χ0v) is 8.87. The summed E-state index contributed by atoms with van der Waals surface area (Å²) in [6, 6.07) is 6.12. The zero-order valence-electron chi connectivity index (χ0n) is 8.11. The van der Waals surface area contributed by atoms with Gasteiger partial charge >= 0.3 is 0 Å². The molecule has 1 aromatic heterocycles. The summed E-state index contributed by atoms with van der Waals surface area (Å²) in [7, 11) is 0. The molecule has 5 heteroatoms. The maximum atomic E-state index is 13.5. The molecule has 1 aromatic carbocycles. The van der Waals surface area contributed by atoms with Gasteiger partial charge in [-0.05, 0) is 18.2 Å². The minimum absolute atomic E-state index is 0.227. The molecule has 0 spiro atoms. The molecule has 16 heavy (non-hydrogen) atoms. The normalized spacial score (nSPS) is 12.1. The molecular weight excluding hydrogens is 229 g/mol. The van der Waals surface area contributed by atoms with Crippen LogP contribution in [0.1, 0.15) is 17.3 Å². The number of aromatic amines is 1. The van der Waals surface area contributed by atoms with E-state index in [1.165, 1.54) is 24.4 Å². The van der Waals surface area contributed by atoms with E-state index >= 15 is 0 Å². The van der Waals surface area contributed by atoms with Crippen LogP contribution in [-0.4, -0.2) is 9.97 Å². The van der Waals surface area contributed by atoms with Crippen molar-refractivity contribution in [3.63, 3.8) is 0 Å². The third kappa shape index (κ3) is 1.90. The van der Waals surface area contributed by atoms with Gasteiger partial charge in [0.1, 0.15) is 17.6 Å². The van der Waals surface area contributed by atoms with Crippen molar-refractivity contribution in [3.05, 3.63) is 52.8 Å². The molecule has 0 saturated carbocycles. The number of halogens is 2. The van der Waals surface area contributed by atoms with Gasteiger partial charge in [-0.1, -0.05) is 11.6 Å². The Bertz CT molecular complexity index is 531. The lowest BCUT2D eigenvalue weighted by Crippen LogP contribution is -2.03. The monoisotopic (exact) mass is 235 g/mol. The minimum Gasteiger partial charge on any atom is -0.347 e. The fourth-order valence-corrected chi connectivity index (χ4v) is 1.63. The van der Waals surface area contributed by atoms with E-state index in [9.17, 15) is 4.39 Å². The van der Waals surface area contributed by atoms with Gasteiger partial charge in [0.25, 0.3) is 0 Å². The van der Waals surface area contributed by atoms with Gasteiger partial charge in [0.15, 0.2) is 0 Å². The van der Waals surface area contributed by atoms with E-state index in [0.717, 1.165) is 0 Å². The third-order valence-electron chi connectivity index (χ3n) is 2.19. The highest BCUT2D eigenvalue weighted by Crippen LogP contribution is 2.26. The molecule has 0 aliphatic carbocycles. The number of nitrogens with one attached hydrogen (secondary N) is 1. The number of nitriles is 1. The predicted molar refractivity (Wildman–Crippen MR) is 57.5 cm³/mol. The quantitative estimate of drug-likeness (QED) is 0.870. The molecule has 0 amide bonds. The largest absolute Gasteiger partial charge is 0.347 e. The van der Waals surface area contributed by atoms with E-state index in [4.69, 9.17) is 16.9 Å². The van der Waals surface area contributed by atoms with Crippen LogP contribution in [0, 0.1) is 17.1 Å². The number of imidazole rings is 1. The number of nitrogens with zero attached hydrogens (tertiary/aromatic N) is 2. The smallest absolute Gasteiger partial charge is 0.132 e. The summed E-state index contributed by atoms with van der Waals surface area (Å²) in [5, 5.41) is 9.44. The van der Waals surface area contributed by atoms with Gasteiger partial charge < -0.3 is 4.98 Å². The van der Waals surface area contributed by atoms with Gasteiger partial charge in [-0.25, -0.2) is 9.37 Å². The average Bonchev–Trinajstić information content (AvgIpc) is 2.78. The minimum atomic E-state index is -0.770. The van der Waals surface area contributed by atoms with Crippen molar-refractivity contribution in [1.29, 1.82) is 5.26 Å². The molecule has 2 aromatic rings. The summed E-state index contributed by atoms with van der Waals surface area (Å²) < 4.78 is 13.5. The molecule has 0 aliphatic rings. The van der Waals surface area contributed by atoms with Crippen LogP contribution in [0.5, 0.6) is 0 Å². The Morgan fingerprint density at radius 2 is 2.31 bits per heavy atom. The van der Waals surface area contributed by atoms with E-state index in [0.29, 0.717) is 10.8 Å². The highest BCUT2D eigenvalue weighted by atomic mass is 35.5. The number of aromatic nitrogens is 2. The van der Waals surface area contributed by atoms with Crippen molar-refractivity contribution in [2.75, 3.05) is 0 Å². The molecule has 3 nitrogen and oxygen atoms in total. The van der Waals surface area contributed by atoms with E-state index in [2.05, 4.69) is 9.97 Å². The summed E-state index contributed by atoms with van der Waals surface area (Å²) in [5.74, 6) is -0.829. The maximum absolute atomic E-state index is 13.5. The topological polar surface area (TPSA) is 52.5 Å². The standard InChI is InChI=1S/C11H7ClFN3/c12-7-1-2-10(13)8(5-7)9(6-14)11-15-3-4-16-11/h1-5,9H,(H,15,16). The fraction of sp³-hybridized carbons (Fsp3) is 0.0909. The molecule has 0 fully saturated rings. The Hall–Kier alpha value is -1.86. The second kappa shape index (κ2) is 4.33. The molecule has 0 aliphatic heterocycles. The Kier molecular flexibility index (Phi) is 2.88. The molecule has 80 valence electrons. The number of benzene rings is 1. The first-order valence-corrected chi connectivity index (χ1v) is 4.94. The van der Waals surface area contributed by atoms with E-state index < -0.39 is 11.7 Å². The second-order valence-corrected chi connectivity index (χ2v) is 3.64. The van der Waals surface area contributed by atoms with Gasteiger partial charge in [0.05, 0.1) is 6.07 Å². The number of hydrogen-bond donors (Lipinski definition) is 1. The Labute approximate surface area is 96.5 Å². The molecule has 1 atom stereocenters. The second-order valence-electron chi connectivity index (χ2n) is 3.20. The van der Waals surface area contributed by atoms with E-state index in [1.54, 1.807) is 6.20 Å². The number of hydrogen-bond acceptors (Lipinski definition) is 2. The Balaban J connectivity index is 2.50. The molecule has 1 unspecified atom stereocenters. The fourth-order valence-electron chi connectivity index (χ4n) is 1.45. The van der Waals surface area contributed by atoms with E-state index in [1.807, 2.05) is 6.07 Å². The molecular formula is C11H7ClFN3. The van der Waals surface area contributed by atoms with Crippen molar-refractivity contribution in [2.45, 2.75) is 5.92 Å². The van der Waals surface area contributed by atoms with Gasteiger partial charge in [-0.2, -0.15) is 5.26 Å². The molecule has 0 saturated heterocycles. The lowest BCUT2D eigenvalue weighted by atomic mass is 9.99. The number of H-pyrrole nitrogens is 1. The highest BCUT2D eigenvalue weighted by molar-refractivity contribution is 6.30. The van der Waals surface area contributed by atoms with E-state index in [-0.39, 0.29) is 5.56 Å². The molecule has 0 bridgehead atoms.